The van der Waals surface area contributed by atoms with E-state index in [2.05, 4.69) is 51.5 Å². The number of anilines is 1. The Morgan fingerprint density at radius 2 is 1.76 bits per heavy atom. The molecule has 4 aromatic rings. The third kappa shape index (κ3) is 6.09. The number of benzene rings is 3. The molecule has 0 bridgehead atoms. The molecule has 0 aliphatic carbocycles. The van der Waals surface area contributed by atoms with Gasteiger partial charge < -0.3 is 19.3 Å². The molecule has 1 aliphatic heterocycles. The fourth-order valence-corrected chi connectivity index (χ4v) is 4.93. The Balaban J connectivity index is 1.19. The van der Waals surface area contributed by atoms with Gasteiger partial charge in [-0.2, -0.15) is 9.36 Å². The Hall–Kier alpha value is -3.91. The number of para-hydroxylation sites is 2. The van der Waals surface area contributed by atoms with E-state index in [9.17, 15) is 4.79 Å². The van der Waals surface area contributed by atoms with Gasteiger partial charge in [-0.15, -0.1) is 0 Å². The minimum Gasteiger partial charge on any atom is -0.492 e. The molecular formula is C29H30N4O3S. The summed E-state index contributed by atoms with van der Waals surface area (Å²) < 4.78 is 16.2. The highest BCUT2D eigenvalue weighted by molar-refractivity contribution is 7.07. The Labute approximate surface area is 221 Å². The zero-order valence-corrected chi connectivity index (χ0v) is 21.9. The number of carbonyl (C=O) groups is 1. The molecule has 1 saturated heterocycles. The monoisotopic (exact) mass is 514 g/mol. The van der Waals surface area contributed by atoms with Crippen LogP contribution in [0.5, 0.6) is 16.7 Å². The first-order valence-corrected chi connectivity index (χ1v) is 13.3. The SMILES string of the molecule is CCOc1ccccc1N1CCN(C(=O)c2cccc(Oc3nc(Cc4ccc(C)cc4)ns3)c2)CC1. The molecule has 2 heterocycles. The molecule has 5 rings (SSSR count). The van der Waals surface area contributed by atoms with Crippen LogP contribution >= 0.6 is 11.5 Å². The molecular weight excluding hydrogens is 484 g/mol. The lowest BCUT2D eigenvalue weighted by atomic mass is 10.1. The molecule has 0 radical (unpaired) electrons. The number of carbonyl (C=O) groups excluding carboxylic acids is 1. The standard InChI is InChI=1S/C29H30N4O3S/c1-3-35-26-10-5-4-9-25(26)32-15-17-33(18-16-32)28(34)23-7-6-8-24(20-23)36-29-30-27(31-37-29)19-22-13-11-21(2)12-14-22/h4-14,20H,3,15-19H2,1-2H3. The van der Waals surface area contributed by atoms with Crippen molar-refractivity contribution in [3.05, 3.63) is 95.3 Å². The summed E-state index contributed by atoms with van der Waals surface area (Å²) in [5, 5.41) is 0.466. The Morgan fingerprint density at radius 1 is 0.973 bits per heavy atom. The molecule has 0 N–H and O–H groups in total. The molecule has 8 heteroatoms. The summed E-state index contributed by atoms with van der Waals surface area (Å²) in [7, 11) is 0. The van der Waals surface area contributed by atoms with Crippen LogP contribution in [0.4, 0.5) is 5.69 Å². The zero-order chi connectivity index (χ0) is 25.6. The molecule has 0 spiro atoms. The highest BCUT2D eigenvalue weighted by Crippen LogP contribution is 2.29. The number of piperazine rings is 1. The summed E-state index contributed by atoms with van der Waals surface area (Å²) in [5.41, 5.74) is 4.06. The maximum atomic E-state index is 13.3. The number of hydrogen-bond donors (Lipinski definition) is 0. The Kier molecular flexibility index (Phi) is 7.65. The van der Waals surface area contributed by atoms with Crippen LogP contribution in [0, 0.1) is 6.92 Å². The third-order valence-electron chi connectivity index (χ3n) is 6.29. The third-order valence-corrected chi connectivity index (χ3v) is 6.92. The van der Waals surface area contributed by atoms with Crippen LogP contribution in [0.15, 0.2) is 72.8 Å². The minimum absolute atomic E-state index is 0.000479. The van der Waals surface area contributed by atoms with Gasteiger partial charge in [0.15, 0.2) is 5.82 Å². The van der Waals surface area contributed by atoms with Crippen LogP contribution in [0.25, 0.3) is 0 Å². The van der Waals surface area contributed by atoms with E-state index in [1.165, 1.54) is 17.1 Å². The summed E-state index contributed by atoms with van der Waals surface area (Å²) in [6.07, 6.45) is 0.652. The normalized spacial score (nSPS) is 13.5. The van der Waals surface area contributed by atoms with E-state index in [-0.39, 0.29) is 5.91 Å². The largest absolute Gasteiger partial charge is 0.492 e. The number of amides is 1. The Bertz CT molecular complexity index is 1350. The molecule has 0 saturated carbocycles. The fraction of sp³-hybridized carbons (Fsp3) is 0.276. The lowest BCUT2D eigenvalue weighted by Crippen LogP contribution is -2.48. The first kappa shape index (κ1) is 24.8. The highest BCUT2D eigenvalue weighted by atomic mass is 32.1. The summed E-state index contributed by atoms with van der Waals surface area (Å²) >= 11 is 1.22. The van der Waals surface area contributed by atoms with Crippen molar-refractivity contribution in [3.8, 4) is 16.7 Å². The van der Waals surface area contributed by atoms with Crippen molar-refractivity contribution in [3.63, 3.8) is 0 Å². The fourth-order valence-electron chi connectivity index (χ4n) is 4.36. The average Bonchev–Trinajstić information content (AvgIpc) is 3.37. The van der Waals surface area contributed by atoms with Crippen molar-refractivity contribution < 1.29 is 14.3 Å². The van der Waals surface area contributed by atoms with Gasteiger partial charge in [0.05, 0.1) is 12.3 Å². The highest BCUT2D eigenvalue weighted by Gasteiger charge is 2.24. The van der Waals surface area contributed by atoms with Gasteiger partial charge in [0.2, 0.25) is 0 Å². The molecule has 1 aliphatic rings. The number of nitrogens with zero attached hydrogens (tertiary/aromatic N) is 4. The van der Waals surface area contributed by atoms with E-state index in [0.29, 0.717) is 42.6 Å². The lowest BCUT2D eigenvalue weighted by molar-refractivity contribution is 0.0746. The van der Waals surface area contributed by atoms with Crippen LogP contribution in [0.3, 0.4) is 0 Å². The topological polar surface area (TPSA) is 67.8 Å². The van der Waals surface area contributed by atoms with Gasteiger partial charge in [0.25, 0.3) is 11.1 Å². The van der Waals surface area contributed by atoms with Crippen LogP contribution in [-0.2, 0) is 6.42 Å². The first-order valence-electron chi connectivity index (χ1n) is 12.5. The molecule has 0 atom stereocenters. The van der Waals surface area contributed by atoms with Crippen molar-refractivity contribution in [2.75, 3.05) is 37.7 Å². The van der Waals surface area contributed by atoms with E-state index in [4.69, 9.17) is 9.47 Å². The van der Waals surface area contributed by atoms with Gasteiger partial charge in [-0.1, -0.05) is 48.0 Å². The summed E-state index contributed by atoms with van der Waals surface area (Å²) in [5.74, 6) is 2.18. The molecule has 1 aromatic heterocycles. The van der Waals surface area contributed by atoms with Crippen LogP contribution in [0.2, 0.25) is 0 Å². The van der Waals surface area contributed by atoms with Crippen molar-refractivity contribution in [1.82, 2.24) is 14.3 Å². The van der Waals surface area contributed by atoms with Crippen LogP contribution in [0.1, 0.15) is 34.2 Å². The second kappa shape index (κ2) is 11.4. The summed E-state index contributed by atoms with van der Waals surface area (Å²) in [6, 6.07) is 23.7. The first-order chi connectivity index (χ1) is 18.1. The predicted octanol–water partition coefficient (Wildman–Crippen LogP) is 5.59. The molecule has 1 amide bonds. The quantitative estimate of drug-likeness (QED) is 0.305. The Morgan fingerprint density at radius 3 is 2.54 bits per heavy atom. The van der Waals surface area contributed by atoms with Gasteiger partial charge >= 0.3 is 0 Å². The van der Waals surface area contributed by atoms with Crippen LogP contribution < -0.4 is 14.4 Å². The molecule has 3 aromatic carbocycles. The van der Waals surface area contributed by atoms with Crippen molar-refractivity contribution in [2.24, 2.45) is 0 Å². The van der Waals surface area contributed by atoms with Crippen molar-refractivity contribution in [1.29, 1.82) is 0 Å². The minimum atomic E-state index is 0.000479. The number of aromatic nitrogens is 2. The molecule has 7 nitrogen and oxygen atoms in total. The van der Waals surface area contributed by atoms with E-state index >= 15 is 0 Å². The van der Waals surface area contributed by atoms with E-state index < -0.39 is 0 Å². The van der Waals surface area contributed by atoms with Gasteiger partial charge in [0.1, 0.15) is 11.5 Å². The lowest BCUT2D eigenvalue weighted by Gasteiger charge is -2.36. The number of hydrogen-bond acceptors (Lipinski definition) is 7. The molecule has 190 valence electrons. The van der Waals surface area contributed by atoms with E-state index in [0.717, 1.165) is 35.9 Å². The van der Waals surface area contributed by atoms with Gasteiger partial charge in [-0.3, -0.25) is 4.79 Å². The van der Waals surface area contributed by atoms with E-state index in [1.807, 2.05) is 48.2 Å². The van der Waals surface area contributed by atoms with Gasteiger partial charge in [-0.25, -0.2) is 0 Å². The molecule has 37 heavy (non-hydrogen) atoms. The van der Waals surface area contributed by atoms with Crippen molar-refractivity contribution >= 4 is 23.1 Å². The molecule has 0 unspecified atom stereocenters. The van der Waals surface area contributed by atoms with Crippen LogP contribution in [-0.4, -0.2) is 53.0 Å². The number of aryl methyl sites for hydroxylation is 1. The number of ether oxygens (including phenoxy) is 2. The second-order valence-corrected chi connectivity index (χ2v) is 9.66. The average molecular weight is 515 g/mol. The predicted molar refractivity (Wildman–Crippen MR) is 146 cm³/mol. The maximum Gasteiger partial charge on any atom is 0.298 e. The second-order valence-electron chi connectivity index (χ2n) is 8.95. The zero-order valence-electron chi connectivity index (χ0n) is 21.1. The smallest absolute Gasteiger partial charge is 0.298 e. The van der Waals surface area contributed by atoms with Gasteiger partial charge in [-0.05, 0) is 49.7 Å². The maximum absolute atomic E-state index is 13.3. The van der Waals surface area contributed by atoms with E-state index in [1.54, 1.807) is 6.07 Å². The number of rotatable bonds is 8. The summed E-state index contributed by atoms with van der Waals surface area (Å²) in [6.45, 7) is 7.46. The molecule has 1 fully saturated rings. The van der Waals surface area contributed by atoms with Gasteiger partial charge in [0, 0.05) is 49.7 Å². The van der Waals surface area contributed by atoms with Crippen molar-refractivity contribution in [2.45, 2.75) is 20.3 Å². The summed E-state index contributed by atoms with van der Waals surface area (Å²) in [4.78, 5) is 21.9.